The predicted molar refractivity (Wildman–Crippen MR) is 142 cm³/mol. The van der Waals surface area contributed by atoms with Gasteiger partial charge >= 0.3 is 0 Å². The SMILES string of the molecule is CCn1cc(-c2cc3c(N4CC=C(c5ncc(C(C)(O)c6ccc(F)c(F)c6)cn5)CC4)ncnn3c2)cn1. The molecule has 0 fully saturated rings. The first-order chi connectivity index (χ1) is 18.8. The van der Waals surface area contributed by atoms with E-state index < -0.39 is 17.2 Å². The third-order valence-corrected chi connectivity index (χ3v) is 7.17. The minimum absolute atomic E-state index is 0.217. The van der Waals surface area contributed by atoms with Crippen LogP contribution in [0.15, 0.2) is 67.7 Å². The number of hydrogen-bond acceptors (Lipinski definition) is 7. The largest absolute Gasteiger partial charge is 0.381 e. The van der Waals surface area contributed by atoms with E-state index in [4.69, 9.17) is 0 Å². The van der Waals surface area contributed by atoms with Crippen LogP contribution in [0.3, 0.4) is 0 Å². The van der Waals surface area contributed by atoms with Crippen molar-refractivity contribution < 1.29 is 13.9 Å². The van der Waals surface area contributed by atoms with E-state index in [2.05, 4.69) is 42.2 Å². The van der Waals surface area contributed by atoms with Crippen molar-refractivity contribution in [1.82, 2.24) is 34.3 Å². The second-order valence-corrected chi connectivity index (χ2v) is 9.65. The van der Waals surface area contributed by atoms with Crippen molar-refractivity contribution in [3.63, 3.8) is 0 Å². The zero-order valence-corrected chi connectivity index (χ0v) is 21.5. The molecule has 9 nitrogen and oxygen atoms in total. The number of aromatic nitrogens is 7. The molecule has 0 bridgehead atoms. The third kappa shape index (κ3) is 4.54. The standard InChI is InChI=1S/C28H26F2N8O/c1-3-37-15-20(12-34-37)19-10-25-27(33-17-35-38(25)16-19)36-8-6-18(7-9-36)26-31-13-22(14-32-26)28(2,39)21-4-5-23(29)24(30)11-21/h4-6,10-17,39H,3,7-9H2,1-2H3. The van der Waals surface area contributed by atoms with Gasteiger partial charge in [-0.05, 0) is 49.6 Å². The molecule has 0 spiro atoms. The van der Waals surface area contributed by atoms with Crippen molar-refractivity contribution in [1.29, 1.82) is 0 Å². The Morgan fingerprint density at radius 1 is 0.949 bits per heavy atom. The first kappa shape index (κ1) is 24.8. The van der Waals surface area contributed by atoms with E-state index in [-0.39, 0.29) is 5.56 Å². The molecule has 0 saturated carbocycles. The summed E-state index contributed by atoms with van der Waals surface area (Å²) in [6, 6.07) is 5.40. The van der Waals surface area contributed by atoms with Crippen molar-refractivity contribution in [2.75, 3.05) is 18.0 Å². The smallest absolute Gasteiger partial charge is 0.159 e. The van der Waals surface area contributed by atoms with E-state index in [9.17, 15) is 13.9 Å². The van der Waals surface area contributed by atoms with Crippen molar-refractivity contribution in [2.45, 2.75) is 32.4 Å². The van der Waals surface area contributed by atoms with Crippen molar-refractivity contribution in [2.24, 2.45) is 0 Å². The summed E-state index contributed by atoms with van der Waals surface area (Å²) in [5.41, 5.74) is 2.97. The molecule has 1 atom stereocenters. The number of benzene rings is 1. The van der Waals surface area contributed by atoms with Gasteiger partial charge in [-0.3, -0.25) is 4.68 Å². The molecule has 1 aliphatic heterocycles. The fourth-order valence-electron chi connectivity index (χ4n) is 4.78. The van der Waals surface area contributed by atoms with Crippen LogP contribution in [0.5, 0.6) is 0 Å². The minimum atomic E-state index is -1.57. The fourth-order valence-corrected chi connectivity index (χ4v) is 4.78. The average Bonchev–Trinajstić information content (AvgIpc) is 3.62. The number of fused-ring (bicyclic) bond motifs is 1. The van der Waals surface area contributed by atoms with Gasteiger partial charge in [0.05, 0.1) is 6.20 Å². The van der Waals surface area contributed by atoms with Crippen LogP contribution in [0.2, 0.25) is 0 Å². The highest BCUT2D eigenvalue weighted by molar-refractivity contribution is 5.78. The number of anilines is 1. The lowest BCUT2D eigenvalue weighted by atomic mass is 9.90. The Hall–Kier alpha value is -4.51. The fraction of sp³-hybridized carbons (Fsp3) is 0.250. The maximum Gasteiger partial charge on any atom is 0.159 e. The Morgan fingerprint density at radius 3 is 2.46 bits per heavy atom. The summed E-state index contributed by atoms with van der Waals surface area (Å²) in [4.78, 5) is 15.7. The monoisotopic (exact) mass is 528 g/mol. The summed E-state index contributed by atoms with van der Waals surface area (Å²) in [5.74, 6) is -0.589. The topological polar surface area (TPSA) is 97.3 Å². The summed E-state index contributed by atoms with van der Waals surface area (Å²) in [7, 11) is 0. The maximum atomic E-state index is 13.7. The molecule has 0 radical (unpaired) electrons. The van der Waals surface area contributed by atoms with Gasteiger partial charge in [0, 0.05) is 61.1 Å². The van der Waals surface area contributed by atoms with Crippen molar-refractivity contribution in [3.05, 3.63) is 96.2 Å². The van der Waals surface area contributed by atoms with Crippen LogP contribution in [0.25, 0.3) is 22.2 Å². The highest BCUT2D eigenvalue weighted by Crippen LogP contribution is 2.31. The van der Waals surface area contributed by atoms with Gasteiger partial charge in [0.2, 0.25) is 0 Å². The number of halogens is 2. The average molecular weight is 529 g/mol. The molecule has 11 heteroatoms. The predicted octanol–water partition coefficient (Wildman–Crippen LogP) is 4.23. The Morgan fingerprint density at radius 2 is 1.77 bits per heavy atom. The Labute approximate surface area is 223 Å². The lowest BCUT2D eigenvalue weighted by Crippen LogP contribution is -2.30. The van der Waals surface area contributed by atoms with E-state index in [1.165, 1.54) is 25.4 Å². The first-order valence-electron chi connectivity index (χ1n) is 12.6. The molecule has 0 aliphatic carbocycles. The third-order valence-electron chi connectivity index (χ3n) is 7.17. The summed E-state index contributed by atoms with van der Waals surface area (Å²) in [6.45, 7) is 5.69. The number of hydrogen-bond donors (Lipinski definition) is 1. The number of aryl methyl sites for hydroxylation is 1. The zero-order chi connectivity index (χ0) is 27.1. The minimum Gasteiger partial charge on any atom is -0.381 e. The van der Waals surface area contributed by atoms with Crippen LogP contribution in [0.4, 0.5) is 14.6 Å². The molecular weight excluding hydrogens is 502 g/mol. The maximum absolute atomic E-state index is 13.7. The highest BCUT2D eigenvalue weighted by Gasteiger charge is 2.28. The van der Waals surface area contributed by atoms with Gasteiger partial charge in [-0.2, -0.15) is 10.2 Å². The summed E-state index contributed by atoms with van der Waals surface area (Å²) >= 11 is 0. The molecule has 1 aromatic carbocycles. The van der Waals surface area contributed by atoms with Crippen LogP contribution in [-0.2, 0) is 12.1 Å². The van der Waals surface area contributed by atoms with Crippen molar-refractivity contribution >= 4 is 16.9 Å². The highest BCUT2D eigenvalue weighted by atomic mass is 19.2. The molecule has 5 heterocycles. The molecule has 0 amide bonds. The van der Waals surface area contributed by atoms with E-state index in [1.807, 2.05) is 34.7 Å². The summed E-state index contributed by atoms with van der Waals surface area (Å²) in [5, 5.41) is 19.8. The normalized spacial score (nSPS) is 15.4. The summed E-state index contributed by atoms with van der Waals surface area (Å²) in [6.07, 6.45) is 13.2. The van der Waals surface area contributed by atoms with Gasteiger partial charge in [-0.1, -0.05) is 12.1 Å². The first-order valence-corrected chi connectivity index (χ1v) is 12.6. The van der Waals surface area contributed by atoms with E-state index in [1.54, 1.807) is 6.33 Å². The van der Waals surface area contributed by atoms with Gasteiger partial charge in [-0.15, -0.1) is 0 Å². The van der Waals surface area contributed by atoms with Gasteiger partial charge in [0.25, 0.3) is 0 Å². The van der Waals surface area contributed by atoms with Crippen LogP contribution in [-0.4, -0.2) is 52.5 Å². The Balaban J connectivity index is 1.21. The van der Waals surface area contributed by atoms with Gasteiger partial charge in [0.15, 0.2) is 23.3 Å². The number of aliphatic hydroxyl groups is 1. The van der Waals surface area contributed by atoms with E-state index in [0.717, 1.165) is 46.7 Å². The van der Waals surface area contributed by atoms with Gasteiger partial charge in [0.1, 0.15) is 17.4 Å². The molecule has 198 valence electrons. The lowest BCUT2D eigenvalue weighted by molar-refractivity contribution is 0.101. The number of rotatable bonds is 6. The molecule has 39 heavy (non-hydrogen) atoms. The lowest BCUT2D eigenvalue weighted by Gasteiger charge is -2.27. The molecule has 4 aromatic heterocycles. The van der Waals surface area contributed by atoms with Crippen molar-refractivity contribution in [3.8, 4) is 11.1 Å². The molecule has 1 N–H and O–H groups in total. The van der Waals surface area contributed by atoms with E-state index in [0.29, 0.717) is 30.9 Å². The van der Waals surface area contributed by atoms with Gasteiger partial charge < -0.3 is 10.0 Å². The quantitative estimate of drug-likeness (QED) is 0.352. The van der Waals surface area contributed by atoms with Gasteiger partial charge in [-0.25, -0.2) is 28.2 Å². The molecule has 6 rings (SSSR count). The Kier molecular flexibility index (Phi) is 6.15. The second kappa shape index (κ2) is 9.66. The van der Waals surface area contributed by atoms with E-state index >= 15 is 0 Å². The molecule has 1 aliphatic rings. The molecule has 0 saturated heterocycles. The number of nitrogens with zero attached hydrogens (tertiary/aromatic N) is 8. The molecule has 1 unspecified atom stereocenters. The summed E-state index contributed by atoms with van der Waals surface area (Å²) < 4.78 is 30.8. The van der Waals surface area contributed by atoms with Crippen LogP contribution >= 0.6 is 0 Å². The van der Waals surface area contributed by atoms with Crippen LogP contribution in [0, 0.1) is 11.6 Å². The zero-order valence-electron chi connectivity index (χ0n) is 21.5. The molecule has 5 aromatic rings. The van der Waals surface area contributed by atoms with Crippen LogP contribution < -0.4 is 4.90 Å². The van der Waals surface area contributed by atoms with Crippen LogP contribution in [0.1, 0.15) is 37.2 Å². The Bertz CT molecular complexity index is 1690. The molecular formula is C28H26F2N8O. The second-order valence-electron chi connectivity index (χ2n) is 9.65.